The van der Waals surface area contributed by atoms with E-state index in [0.717, 1.165) is 12.8 Å². The average Bonchev–Trinajstić information content (AvgIpc) is 2.18. The Morgan fingerprint density at radius 2 is 1.35 bits per heavy atom. The van der Waals surface area contributed by atoms with Gasteiger partial charge in [-0.15, -0.1) is 0 Å². The maximum atomic E-state index is 9.66. The second kappa shape index (κ2) is 12.9. The summed E-state index contributed by atoms with van der Waals surface area (Å²) in [5, 5.41) is 32.6. The van der Waals surface area contributed by atoms with Gasteiger partial charge >= 0.3 is 11.9 Å². The van der Waals surface area contributed by atoms with Gasteiger partial charge in [-0.25, -0.2) is 9.59 Å². The Morgan fingerprint density at radius 3 is 1.59 bits per heavy atom. The van der Waals surface area contributed by atoms with Crippen molar-refractivity contribution in [2.45, 2.75) is 19.8 Å². The third kappa shape index (κ3) is 20.8. The second-order valence-corrected chi connectivity index (χ2v) is 3.41. The second-order valence-electron chi connectivity index (χ2n) is 3.41. The van der Waals surface area contributed by atoms with Gasteiger partial charge in [-0.2, -0.15) is 0 Å². The fourth-order valence-corrected chi connectivity index (χ4v) is 0.811. The molecule has 0 unspecified atom stereocenters. The molecule has 0 aliphatic heterocycles. The molecular formula is C10H20O7. The molecule has 0 radical (unpaired) electrons. The first-order valence-corrected chi connectivity index (χ1v) is 5.17. The summed E-state index contributed by atoms with van der Waals surface area (Å²) in [5.74, 6) is -1.88. The van der Waals surface area contributed by atoms with E-state index < -0.39 is 25.2 Å². The maximum Gasteiger partial charge on any atom is 0.329 e. The van der Waals surface area contributed by atoms with Crippen LogP contribution in [-0.2, 0) is 14.3 Å². The number of carboxylic acids is 2. The molecule has 0 saturated carbocycles. The summed E-state index contributed by atoms with van der Waals surface area (Å²) in [6.07, 6.45) is 1.61. The minimum atomic E-state index is -1.17. The van der Waals surface area contributed by atoms with E-state index in [9.17, 15) is 9.59 Å². The predicted octanol–water partition coefficient (Wildman–Crippen LogP) is -0.440. The van der Waals surface area contributed by atoms with Gasteiger partial charge in [-0.1, -0.05) is 6.92 Å². The van der Waals surface area contributed by atoms with Crippen LogP contribution in [0.1, 0.15) is 19.8 Å². The minimum Gasteiger partial charge on any atom is -0.480 e. The zero-order valence-electron chi connectivity index (χ0n) is 9.83. The molecule has 0 aromatic carbocycles. The monoisotopic (exact) mass is 252 g/mol. The first-order valence-electron chi connectivity index (χ1n) is 5.17. The van der Waals surface area contributed by atoms with Crippen molar-refractivity contribution in [3.63, 3.8) is 0 Å². The SMILES string of the molecule is CC(CCO)CCO.O=C(O)COCC(=O)O. The molecule has 7 nitrogen and oxygen atoms in total. The van der Waals surface area contributed by atoms with E-state index in [1.165, 1.54) is 0 Å². The molecule has 102 valence electrons. The van der Waals surface area contributed by atoms with Crippen LogP contribution in [0.25, 0.3) is 0 Å². The van der Waals surface area contributed by atoms with Gasteiger partial charge in [0.2, 0.25) is 0 Å². The molecule has 0 fully saturated rings. The van der Waals surface area contributed by atoms with Crippen LogP contribution in [-0.4, -0.2) is 58.8 Å². The molecule has 0 aromatic rings. The number of carbonyl (C=O) groups is 2. The Balaban J connectivity index is 0. The molecule has 0 atom stereocenters. The normalized spacial score (nSPS) is 9.65. The lowest BCUT2D eigenvalue weighted by Gasteiger charge is -2.04. The van der Waals surface area contributed by atoms with Crippen molar-refractivity contribution in [1.82, 2.24) is 0 Å². The largest absolute Gasteiger partial charge is 0.480 e. The molecule has 0 heterocycles. The van der Waals surface area contributed by atoms with Gasteiger partial charge in [0, 0.05) is 13.2 Å². The highest BCUT2D eigenvalue weighted by Crippen LogP contribution is 2.03. The highest BCUT2D eigenvalue weighted by Gasteiger charge is 1.99. The fourth-order valence-electron chi connectivity index (χ4n) is 0.811. The van der Waals surface area contributed by atoms with Crippen LogP contribution in [0.3, 0.4) is 0 Å². The fraction of sp³-hybridized carbons (Fsp3) is 0.800. The molecule has 0 spiro atoms. The van der Waals surface area contributed by atoms with Crippen LogP contribution in [0.4, 0.5) is 0 Å². The number of aliphatic hydroxyl groups excluding tert-OH is 2. The van der Waals surface area contributed by atoms with Crippen molar-refractivity contribution in [3.05, 3.63) is 0 Å². The van der Waals surface area contributed by atoms with E-state index >= 15 is 0 Å². The number of ether oxygens (including phenoxy) is 1. The molecule has 0 rings (SSSR count). The van der Waals surface area contributed by atoms with E-state index in [1.807, 2.05) is 6.92 Å². The lowest BCUT2D eigenvalue weighted by molar-refractivity contribution is -0.148. The summed E-state index contributed by atoms with van der Waals surface area (Å²) in [6, 6.07) is 0. The van der Waals surface area contributed by atoms with Crippen molar-refractivity contribution >= 4 is 11.9 Å². The standard InChI is InChI=1S/C6H14O2.C4H6O5/c1-6(2-4-7)3-5-8;5-3(6)1-9-2-4(7)8/h6-8H,2-5H2,1H3;1-2H2,(H,5,6)(H,7,8). The van der Waals surface area contributed by atoms with Gasteiger partial charge < -0.3 is 25.2 Å². The van der Waals surface area contributed by atoms with Crippen LogP contribution in [0, 0.1) is 5.92 Å². The molecule has 0 amide bonds. The average molecular weight is 252 g/mol. The highest BCUT2D eigenvalue weighted by molar-refractivity contribution is 5.70. The number of aliphatic hydroxyl groups is 2. The lowest BCUT2D eigenvalue weighted by atomic mass is 10.1. The Bertz CT molecular complexity index is 185. The summed E-state index contributed by atoms with van der Waals surface area (Å²) in [5.41, 5.74) is 0. The third-order valence-corrected chi connectivity index (χ3v) is 1.69. The molecule has 0 saturated heterocycles. The lowest BCUT2D eigenvalue weighted by Crippen LogP contribution is -2.13. The predicted molar refractivity (Wildman–Crippen MR) is 58.7 cm³/mol. The smallest absolute Gasteiger partial charge is 0.329 e. The molecule has 7 heteroatoms. The van der Waals surface area contributed by atoms with Gasteiger partial charge in [0.25, 0.3) is 0 Å². The molecule has 4 N–H and O–H groups in total. The zero-order chi connectivity index (χ0) is 13.7. The topological polar surface area (TPSA) is 124 Å². The minimum absolute atomic E-state index is 0.237. The number of hydrogen-bond acceptors (Lipinski definition) is 5. The quantitative estimate of drug-likeness (QED) is 0.461. The number of hydrogen-bond donors (Lipinski definition) is 4. The van der Waals surface area contributed by atoms with Crippen molar-refractivity contribution < 1.29 is 34.8 Å². The van der Waals surface area contributed by atoms with Gasteiger partial charge in [-0.3, -0.25) is 0 Å². The number of aliphatic carboxylic acids is 2. The maximum absolute atomic E-state index is 9.66. The van der Waals surface area contributed by atoms with E-state index in [4.69, 9.17) is 20.4 Å². The molecule has 0 bridgehead atoms. The zero-order valence-corrected chi connectivity index (χ0v) is 9.83. The first kappa shape index (κ1) is 18.2. The molecular weight excluding hydrogens is 232 g/mol. The number of carboxylic acid groups (broad SMARTS) is 2. The molecule has 0 aliphatic carbocycles. The summed E-state index contributed by atoms with van der Waals surface area (Å²) in [7, 11) is 0. The Morgan fingerprint density at radius 1 is 1.00 bits per heavy atom. The van der Waals surface area contributed by atoms with Crippen LogP contribution in [0.15, 0.2) is 0 Å². The van der Waals surface area contributed by atoms with Gasteiger partial charge in [-0.05, 0) is 18.8 Å². The van der Waals surface area contributed by atoms with Gasteiger partial charge in [0.1, 0.15) is 13.2 Å². The Labute approximate surface area is 99.6 Å². The highest BCUT2D eigenvalue weighted by atomic mass is 16.5. The molecule has 0 aliphatic rings. The van der Waals surface area contributed by atoms with Gasteiger partial charge in [0.05, 0.1) is 0 Å². The Kier molecular flexibility index (Phi) is 13.8. The van der Waals surface area contributed by atoms with E-state index in [0.29, 0.717) is 5.92 Å². The Hall–Kier alpha value is -1.18. The third-order valence-electron chi connectivity index (χ3n) is 1.69. The van der Waals surface area contributed by atoms with Crippen LogP contribution in [0.2, 0.25) is 0 Å². The van der Waals surface area contributed by atoms with Crippen molar-refractivity contribution in [2.24, 2.45) is 5.92 Å². The summed E-state index contributed by atoms with van der Waals surface area (Å²) < 4.78 is 4.16. The van der Waals surface area contributed by atoms with Crippen molar-refractivity contribution in [1.29, 1.82) is 0 Å². The van der Waals surface area contributed by atoms with Crippen LogP contribution >= 0.6 is 0 Å². The summed E-state index contributed by atoms with van der Waals surface area (Å²) in [6.45, 7) is 1.37. The summed E-state index contributed by atoms with van der Waals surface area (Å²) in [4.78, 5) is 19.3. The van der Waals surface area contributed by atoms with E-state index in [2.05, 4.69) is 4.74 Å². The number of rotatable bonds is 8. The van der Waals surface area contributed by atoms with E-state index in [1.54, 1.807) is 0 Å². The van der Waals surface area contributed by atoms with Crippen LogP contribution in [0.5, 0.6) is 0 Å². The van der Waals surface area contributed by atoms with Gasteiger partial charge in [0.15, 0.2) is 0 Å². The molecule has 0 aromatic heterocycles. The summed E-state index contributed by atoms with van der Waals surface area (Å²) >= 11 is 0. The van der Waals surface area contributed by atoms with Crippen molar-refractivity contribution in [3.8, 4) is 0 Å². The molecule has 17 heavy (non-hydrogen) atoms. The van der Waals surface area contributed by atoms with E-state index in [-0.39, 0.29) is 13.2 Å². The van der Waals surface area contributed by atoms with Crippen LogP contribution < -0.4 is 0 Å². The first-order chi connectivity index (χ1) is 7.93. The van der Waals surface area contributed by atoms with Crippen molar-refractivity contribution in [2.75, 3.05) is 26.4 Å².